The van der Waals surface area contributed by atoms with E-state index in [-0.39, 0.29) is 12.5 Å². The Morgan fingerprint density at radius 2 is 2.00 bits per heavy atom. The third-order valence-electron chi connectivity index (χ3n) is 3.08. The summed E-state index contributed by atoms with van der Waals surface area (Å²) in [4.78, 5) is 0. The van der Waals surface area contributed by atoms with E-state index < -0.39 is 0 Å². The number of hydrogen-bond donors (Lipinski definition) is 0. The van der Waals surface area contributed by atoms with E-state index in [1.807, 2.05) is 14.0 Å². The smallest absolute Gasteiger partial charge is 0.166 e. The Bertz CT molecular complexity index is 631. The number of alkyl halides is 1. The zero-order chi connectivity index (χ0) is 15.6. The fourth-order valence-corrected chi connectivity index (χ4v) is 2.66. The Morgan fingerprint density at radius 3 is 2.52 bits per heavy atom. The molecule has 2 rings (SSSR count). The third-order valence-corrected chi connectivity index (χ3v) is 4.07. The van der Waals surface area contributed by atoms with Gasteiger partial charge in [-0.3, -0.25) is 4.68 Å². The van der Waals surface area contributed by atoms with Gasteiger partial charge in [-0.2, -0.15) is 5.10 Å². The van der Waals surface area contributed by atoms with Crippen molar-refractivity contribution in [2.45, 2.75) is 19.4 Å². The summed E-state index contributed by atoms with van der Waals surface area (Å²) < 4.78 is 12.8. The first-order valence-electron chi connectivity index (χ1n) is 6.21. The summed E-state index contributed by atoms with van der Waals surface area (Å²) in [5.74, 6) is 1.37. The predicted molar refractivity (Wildman–Crippen MR) is 84.8 cm³/mol. The van der Waals surface area contributed by atoms with Crippen LogP contribution in [0.4, 0.5) is 0 Å². The summed E-state index contributed by atoms with van der Waals surface area (Å²) >= 11 is 18.2. The lowest BCUT2D eigenvalue weighted by Crippen LogP contribution is -2.05. The molecule has 0 fully saturated rings. The second-order valence-corrected chi connectivity index (χ2v) is 5.57. The van der Waals surface area contributed by atoms with Gasteiger partial charge in [0.15, 0.2) is 11.5 Å². The fourth-order valence-electron chi connectivity index (χ4n) is 2.01. The number of nitrogens with zero attached hydrogens (tertiary/aromatic N) is 2. The van der Waals surface area contributed by atoms with Gasteiger partial charge < -0.3 is 9.47 Å². The van der Waals surface area contributed by atoms with Crippen LogP contribution in [0, 0.1) is 6.92 Å². The van der Waals surface area contributed by atoms with Gasteiger partial charge in [-0.1, -0.05) is 23.2 Å². The summed E-state index contributed by atoms with van der Waals surface area (Å²) in [6.07, 6.45) is 0. The molecule has 0 aliphatic heterocycles. The van der Waals surface area contributed by atoms with Crippen LogP contribution in [0.2, 0.25) is 10.0 Å². The van der Waals surface area contributed by atoms with E-state index >= 15 is 0 Å². The topological polar surface area (TPSA) is 36.3 Å². The summed E-state index contributed by atoms with van der Waals surface area (Å²) in [6.45, 7) is 2.11. The Hall–Kier alpha value is -1.10. The highest BCUT2D eigenvalue weighted by Gasteiger charge is 2.16. The number of hydrogen-bond acceptors (Lipinski definition) is 3. The van der Waals surface area contributed by atoms with Crippen molar-refractivity contribution >= 4 is 34.8 Å². The van der Waals surface area contributed by atoms with Crippen molar-refractivity contribution in [3.05, 3.63) is 39.1 Å². The zero-order valence-corrected chi connectivity index (χ0v) is 14.2. The summed E-state index contributed by atoms with van der Waals surface area (Å²) in [5, 5.41) is 5.39. The number of aryl methyl sites for hydroxylation is 2. The minimum Gasteiger partial charge on any atom is -0.493 e. The van der Waals surface area contributed by atoms with E-state index in [9.17, 15) is 0 Å². The molecule has 1 heterocycles. The van der Waals surface area contributed by atoms with Gasteiger partial charge >= 0.3 is 0 Å². The SMILES string of the molecule is COc1cc(Cl)cc(CCl)c1OCc1c(Cl)c(C)nn1C. The molecule has 0 saturated heterocycles. The Balaban J connectivity index is 2.31. The van der Waals surface area contributed by atoms with Gasteiger partial charge in [0.05, 0.1) is 29.4 Å². The van der Waals surface area contributed by atoms with Crippen molar-refractivity contribution in [1.82, 2.24) is 9.78 Å². The molecule has 0 N–H and O–H groups in total. The average molecular weight is 350 g/mol. The molecule has 0 amide bonds. The predicted octanol–water partition coefficient (Wildman–Crippen LogP) is 4.36. The Morgan fingerprint density at radius 1 is 1.29 bits per heavy atom. The van der Waals surface area contributed by atoms with Crippen molar-refractivity contribution in [2.75, 3.05) is 7.11 Å². The Kier molecular flexibility index (Phi) is 5.25. The molecule has 0 spiro atoms. The van der Waals surface area contributed by atoms with E-state index in [2.05, 4.69) is 5.10 Å². The molecule has 1 aromatic carbocycles. The van der Waals surface area contributed by atoms with Crippen LogP contribution in [0.1, 0.15) is 17.0 Å². The number of halogens is 3. The molecule has 0 bridgehead atoms. The second kappa shape index (κ2) is 6.77. The maximum absolute atomic E-state index is 6.21. The van der Waals surface area contributed by atoms with E-state index in [0.717, 1.165) is 17.0 Å². The van der Waals surface area contributed by atoms with Crippen LogP contribution in [0.3, 0.4) is 0 Å². The summed E-state index contributed by atoms with van der Waals surface area (Å²) in [7, 11) is 3.37. The number of benzene rings is 1. The molecule has 0 atom stereocenters. The van der Waals surface area contributed by atoms with Crippen LogP contribution in [0.5, 0.6) is 11.5 Å². The molecule has 0 aliphatic carbocycles. The lowest BCUT2D eigenvalue weighted by atomic mass is 10.2. The highest BCUT2D eigenvalue weighted by molar-refractivity contribution is 6.32. The highest BCUT2D eigenvalue weighted by Crippen LogP contribution is 2.36. The minimum atomic E-state index is 0.262. The number of rotatable bonds is 5. The molecule has 4 nitrogen and oxygen atoms in total. The van der Waals surface area contributed by atoms with Gasteiger partial charge in [-0.15, -0.1) is 11.6 Å². The molecule has 21 heavy (non-hydrogen) atoms. The summed E-state index contributed by atoms with van der Waals surface area (Å²) in [6, 6.07) is 3.44. The third kappa shape index (κ3) is 3.39. The van der Waals surface area contributed by atoms with Crippen molar-refractivity contribution in [1.29, 1.82) is 0 Å². The second-order valence-electron chi connectivity index (χ2n) is 4.49. The molecule has 114 valence electrons. The van der Waals surface area contributed by atoms with Crippen molar-refractivity contribution in [2.24, 2.45) is 7.05 Å². The molecule has 0 radical (unpaired) electrons. The van der Waals surface area contributed by atoms with Crippen LogP contribution < -0.4 is 9.47 Å². The maximum atomic E-state index is 6.21. The molecule has 7 heteroatoms. The number of ether oxygens (including phenoxy) is 2. The molecular weight excluding hydrogens is 335 g/mol. The first-order valence-corrected chi connectivity index (χ1v) is 7.50. The molecule has 0 unspecified atom stereocenters. The van der Waals surface area contributed by atoms with Gasteiger partial charge in [-0.25, -0.2) is 0 Å². The monoisotopic (exact) mass is 348 g/mol. The maximum Gasteiger partial charge on any atom is 0.166 e. The van der Waals surface area contributed by atoms with Crippen molar-refractivity contribution in [3.8, 4) is 11.5 Å². The highest BCUT2D eigenvalue weighted by atomic mass is 35.5. The van der Waals surface area contributed by atoms with E-state index in [0.29, 0.717) is 21.5 Å². The van der Waals surface area contributed by atoms with Crippen molar-refractivity contribution in [3.63, 3.8) is 0 Å². The molecular formula is C14H15Cl3N2O2. The molecule has 2 aromatic rings. The minimum absolute atomic E-state index is 0.262. The van der Waals surface area contributed by atoms with Crippen LogP contribution in [-0.4, -0.2) is 16.9 Å². The summed E-state index contributed by atoms with van der Waals surface area (Å²) in [5.41, 5.74) is 2.31. The van der Waals surface area contributed by atoms with Gasteiger partial charge in [0, 0.05) is 23.7 Å². The fraction of sp³-hybridized carbons (Fsp3) is 0.357. The zero-order valence-electron chi connectivity index (χ0n) is 11.9. The van der Waals surface area contributed by atoms with E-state index in [1.54, 1.807) is 23.9 Å². The normalized spacial score (nSPS) is 10.8. The lowest BCUT2D eigenvalue weighted by molar-refractivity contribution is 0.273. The molecule has 0 aliphatic rings. The quantitative estimate of drug-likeness (QED) is 0.752. The van der Waals surface area contributed by atoms with Gasteiger partial charge in [0.25, 0.3) is 0 Å². The average Bonchev–Trinajstić information content (AvgIpc) is 2.70. The first kappa shape index (κ1) is 16.3. The number of aromatic nitrogens is 2. The van der Waals surface area contributed by atoms with Gasteiger partial charge in [0.1, 0.15) is 6.61 Å². The largest absolute Gasteiger partial charge is 0.493 e. The van der Waals surface area contributed by atoms with E-state index in [4.69, 9.17) is 44.3 Å². The molecule has 1 aromatic heterocycles. The Labute approximate surface area is 138 Å². The first-order chi connectivity index (χ1) is 9.97. The van der Waals surface area contributed by atoms with E-state index in [1.165, 1.54) is 0 Å². The lowest BCUT2D eigenvalue weighted by Gasteiger charge is -2.15. The van der Waals surface area contributed by atoms with Gasteiger partial charge in [0.2, 0.25) is 0 Å². The standard InChI is InChI=1S/C14H15Cl3N2O2/c1-8-13(17)11(19(2)18-8)7-21-14-9(6-15)4-10(16)5-12(14)20-3/h4-5H,6-7H2,1-3H3. The van der Waals surface area contributed by atoms with Crippen LogP contribution in [0.15, 0.2) is 12.1 Å². The molecule has 0 saturated carbocycles. The van der Waals surface area contributed by atoms with Crippen LogP contribution in [0.25, 0.3) is 0 Å². The van der Waals surface area contributed by atoms with Gasteiger partial charge in [-0.05, 0) is 13.0 Å². The van der Waals surface area contributed by atoms with Crippen LogP contribution in [-0.2, 0) is 19.5 Å². The number of methoxy groups -OCH3 is 1. The van der Waals surface area contributed by atoms with Crippen LogP contribution >= 0.6 is 34.8 Å². The van der Waals surface area contributed by atoms with Crippen molar-refractivity contribution < 1.29 is 9.47 Å².